The molecule has 0 aromatic heterocycles. The Hall–Kier alpha value is -2.10. The third kappa shape index (κ3) is 3.07. The number of benzene rings is 1. The van der Waals surface area contributed by atoms with Crippen LogP contribution in [0, 0.1) is 0 Å². The van der Waals surface area contributed by atoms with Crippen LogP contribution in [0.15, 0.2) is 12.1 Å². The van der Waals surface area contributed by atoms with E-state index in [1.165, 1.54) is 19.1 Å². The molecule has 1 aromatic rings. The highest BCUT2D eigenvalue weighted by Gasteiger charge is 2.24. The Bertz CT molecular complexity index is 570. The third-order valence-corrected chi connectivity index (χ3v) is 3.09. The summed E-state index contributed by atoms with van der Waals surface area (Å²) in [6.07, 6.45) is 1.68. The average molecular weight is 274 g/mol. The summed E-state index contributed by atoms with van der Waals surface area (Å²) in [7, 11) is 0. The van der Waals surface area contributed by atoms with Gasteiger partial charge in [0.15, 0.2) is 23.6 Å². The monoisotopic (exact) mass is 274 g/mol. The fourth-order valence-corrected chi connectivity index (χ4v) is 2.16. The first-order valence-corrected chi connectivity index (χ1v) is 6.67. The van der Waals surface area contributed by atoms with E-state index in [1.807, 2.05) is 6.92 Å². The number of Topliss-reactive ketones (excluding diaryl/α,β-unsaturated/α-hetero) is 3. The molecule has 0 spiro atoms. The molecule has 106 valence electrons. The lowest BCUT2D eigenvalue weighted by Gasteiger charge is -2.13. The smallest absolute Gasteiger partial charge is 0.164 e. The predicted molar refractivity (Wildman–Crippen MR) is 75.7 cm³/mol. The molecule has 0 unspecified atom stereocenters. The number of hydrogen-bond donors (Lipinski definition) is 0. The lowest BCUT2D eigenvalue weighted by atomic mass is 9.88. The van der Waals surface area contributed by atoms with Crippen LogP contribution in [0.5, 0.6) is 0 Å². The Morgan fingerprint density at radius 2 is 1.70 bits per heavy atom. The Morgan fingerprint density at radius 3 is 2.15 bits per heavy atom. The molecule has 0 fully saturated rings. The number of rotatable bonds is 7. The van der Waals surface area contributed by atoms with Gasteiger partial charge in [0.2, 0.25) is 0 Å². The van der Waals surface area contributed by atoms with Crippen LogP contribution in [0.2, 0.25) is 0 Å². The van der Waals surface area contributed by atoms with Crippen LogP contribution in [0.25, 0.3) is 0 Å². The van der Waals surface area contributed by atoms with Gasteiger partial charge in [-0.05, 0) is 19.4 Å². The zero-order valence-corrected chi connectivity index (χ0v) is 12.0. The lowest BCUT2D eigenvalue weighted by Crippen LogP contribution is -2.16. The third-order valence-electron chi connectivity index (χ3n) is 3.09. The zero-order valence-electron chi connectivity index (χ0n) is 12.0. The van der Waals surface area contributed by atoms with Gasteiger partial charge in [0.1, 0.15) is 0 Å². The maximum absolute atomic E-state index is 12.1. The highest BCUT2D eigenvalue weighted by molar-refractivity contribution is 6.17. The molecule has 0 saturated carbocycles. The number of ketones is 3. The van der Waals surface area contributed by atoms with Crippen molar-refractivity contribution in [3.63, 3.8) is 0 Å². The molecular weight excluding hydrogens is 256 g/mol. The van der Waals surface area contributed by atoms with Gasteiger partial charge in [-0.15, -0.1) is 0 Å². The van der Waals surface area contributed by atoms with E-state index < -0.39 is 0 Å². The SMILES string of the molecule is CCCC(=O)c1ccc(C=O)c(C(C)=O)c1C(=O)CC. The summed E-state index contributed by atoms with van der Waals surface area (Å²) in [5.41, 5.74) is 0.564. The maximum atomic E-state index is 12.1. The standard InChI is InChI=1S/C16H18O4/c1-4-6-14(20)12-8-7-11(9-17)15(10(3)18)16(12)13(19)5-2/h7-9H,4-6H2,1-3H3. The molecule has 20 heavy (non-hydrogen) atoms. The van der Waals surface area contributed by atoms with Gasteiger partial charge < -0.3 is 0 Å². The first-order chi connectivity index (χ1) is 9.47. The Balaban J connectivity index is 3.65. The number of hydrogen-bond acceptors (Lipinski definition) is 4. The van der Waals surface area contributed by atoms with Gasteiger partial charge in [-0.2, -0.15) is 0 Å². The normalized spacial score (nSPS) is 10.2. The van der Waals surface area contributed by atoms with E-state index in [1.54, 1.807) is 6.92 Å². The van der Waals surface area contributed by atoms with Crippen LogP contribution >= 0.6 is 0 Å². The van der Waals surface area contributed by atoms with Crippen LogP contribution in [0.1, 0.15) is 81.5 Å². The molecule has 4 nitrogen and oxygen atoms in total. The largest absolute Gasteiger partial charge is 0.298 e. The molecule has 0 bridgehead atoms. The van der Waals surface area contributed by atoms with Gasteiger partial charge in [0, 0.05) is 35.1 Å². The minimum Gasteiger partial charge on any atom is -0.298 e. The lowest BCUT2D eigenvalue weighted by molar-refractivity contribution is 0.0943. The molecule has 1 aromatic carbocycles. The number of carbonyl (C=O) groups excluding carboxylic acids is 4. The molecule has 0 aliphatic rings. The number of aldehydes is 1. The summed E-state index contributed by atoms with van der Waals surface area (Å²) in [6, 6.07) is 2.90. The van der Waals surface area contributed by atoms with Gasteiger partial charge in [-0.3, -0.25) is 19.2 Å². The van der Waals surface area contributed by atoms with Crippen LogP contribution in [-0.4, -0.2) is 23.6 Å². The topological polar surface area (TPSA) is 68.3 Å². The van der Waals surface area contributed by atoms with E-state index >= 15 is 0 Å². The molecule has 0 N–H and O–H groups in total. The summed E-state index contributed by atoms with van der Waals surface area (Å²) >= 11 is 0. The zero-order chi connectivity index (χ0) is 15.3. The van der Waals surface area contributed by atoms with Crippen LogP contribution in [0.4, 0.5) is 0 Å². The van der Waals surface area contributed by atoms with E-state index in [0.29, 0.717) is 19.1 Å². The highest BCUT2D eigenvalue weighted by atomic mass is 16.1. The van der Waals surface area contributed by atoms with Gasteiger partial charge >= 0.3 is 0 Å². The van der Waals surface area contributed by atoms with Crippen molar-refractivity contribution < 1.29 is 19.2 Å². The molecule has 0 aliphatic carbocycles. The second kappa shape index (κ2) is 6.89. The molecule has 0 amide bonds. The molecule has 0 atom stereocenters. The average Bonchev–Trinajstić information content (AvgIpc) is 2.44. The minimum absolute atomic E-state index is 0.0637. The molecule has 0 heterocycles. The van der Waals surface area contributed by atoms with Crippen LogP contribution in [-0.2, 0) is 0 Å². The van der Waals surface area contributed by atoms with E-state index in [0.717, 1.165) is 0 Å². The fourth-order valence-electron chi connectivity index (χ4n) is 2.16. The van der Waals surface area contributed by atoms with Crippen molar-refractivity contribution in [3.8, 4) is 0 Å². The summed E-state index contributed by atoms with van der Waals surface area (Å²) in [5, 5.41) is 0. The number of carbonyl (C=O) groups is 4. The highest BCUT2D eigenvalue weighted by Crippen LogP contribution is 2.23. The predicted octanol–water partition coefficient (Wildman–Crippen LogP) is 3.28. The van der Waals surface area contributed by atoms with E-state index in [4.69, 9.17) is 0 Å². The molecule has 1 rings (SSSR count). The molecule has 4 heteroatoms. The second-order valence-electron chi connectivity index (χ2n) is 4.58. The van der Waals surface area contributed by atoms with E-state index in [9.17, 15) is 19.2 Å². The summed E-state index contributed by atoms with van der Waals surface area (Å²) in [5.74, 6) is -0.849. The van der Waals surface area contributed by atoms with Crippen molar-refractivity contribution in [2.45, 2.75) is 40.0 Å². The molecule has 0 aliphatic heterocycles. The van der Waals surface area contributed by atoms with Crippen molar-refractivity contribution >= 4 is 23.6 Å². The van der Waals surface area contributed by atoms with Gasteiger partial charge in [-0.1, -0.05) is 19.9 Å². The van der Waals surface area contributed by atoms with Crippen molar-refractivity contribution in [1.82, 2.24) is 0 Å². The Kier molecular flexibility index (Phi) is 5.50. The van der Waals surface area contributed by atoms with Crippen LogP contribution in [0.3, 0.4) is 0 Å². The van der Waals surface area contributed by atoms with Crippen molar-refractivity contribution in [2.75, 3.05) is 0 Å². The van der Waals surface area contributed by atoms with Gasteiger partial charge in [0.05, 0.1) is 0 Å². The second-order valence-corrected chi connectivity index (χ2v) is 4.58. The fraction of sp³-hybridized carbons (Fsp3) is 0.375. The van der Waals surface area contributed by atoms with Crippen molar-refractivity contribution in [1.29, 1.82) is 0 Å². The molecule has 0 saturated heterocycles. The van der Waals surface area contributed by atoms with Crippen LogP contribution < -0.4 is 0 Å². The summed E-state index contributed by atoms with van der Waals surface area (Å²) < 4.78 is 0. The van der Waals surface area contributed by atoms with Crippen molar-refractivity contribution in [3.05, 3.63) is 34.4 Å². The summed E-state index contributed by atoms with van der Waals surface area (Å²) in [4.78, 5) is 47.1. The molecule has 0 radical (unpaired) electrons. The molecular formula is C16H18O4. The van der Waals surface area contributed by atoms with E-state index in [-0.39, 0.29) is 46.0 Å². The van der Waals surface area contributed by atoms with Crippen molar-refractivity contribution in [2.24, 2.45) is 0 Å². The van der Waals surface area contributed by atoms with Gasteiger partial charge in [0.25, 0.3) is 0 Å². The quantitative estimate of drug-likeness (QED) is 0.565. The maximum Gasteiger partial charge on any atom is 0.164 e. The van der Waals surface area contributed by atoms with Gasteiger partial charge in [-0.25, -0.2) is 0 Å². The minimum atomic E-state index is -0.380. The summed E-state index contributed by atoms with van der Waals surface area (Å²) in [6.45, 7) is 4.82. The Labute approximate surface area is 118 Å². The first-order valence-electron chi connectivity index (χ1n) is 6.67. The first kappa shape index (κ1) is 16.0. The van der Waals surface area contributed by atoms with E-state index in [2.05, 4.69) is 0 Å². The Morgan fingerprint density at radius 1 is 1.05 bits per heavy atom.